The van der Waals surface area contributed by atoms with Crippen molar-refractivity contribution in [3.8, 4) is 0 Å². The minimum absolute atomic E-state index is 0.0657. The summed E-state index contributed by atoms with van der Waals surface area (Å²) in [6, 6.07) is 1.36. The van der Waals surface area contributed by atoms with Crippen LogP contribution in [0.4, 0.5) is 26.3 Å². The first-order valence-corrected chi connectivity index (χ1v) is 5.84. The summed E-state index contributed by atoms with van der Waals surface area (Å²) >= 11 is 5.05. The first-order chi connectivity index (χ1) is 9.00. The molecule has 1 rings (SSSR count). The van der Waals surface area contributed by atoms with Gasteiger partial charge in [0.05, 0.1) is 11.1 Å². The molecule has 0 aliphatic rings. The fourth-order valence-electron chi connectivity index (χ4n) is 1.60. The van der Waals surface area contributed by atoms with Crippen molar-refractivity contribution >= 4 is 16.8 Å². The molecule has 1 aromatic rings. The SMILES string of the molecule is O=C(Cl)CCCc1cc(C(F)(F)F)cc(C(F)(F)F)c1. The largest absolute Gasteiger partial charge is 0.416 e. The number of benzene rings is 1. The second-order valence-electron chi connectivity index (χ2n) is 4.12. The summed E-state index contributed by atoms with van der Waals surface area (Å²) in [5.74, 6) is 0. The van der Waals surface area contributed by atoms with Gasteiger partial charge in [0.25, 0.3) is 0 Å². The molecule has 20 heavy (non-hydrogen) atoms. The standard InChI is InChI=1S/C12H9ClF6O/c13-10(20)3-1-2-7-4-8(11(14,15)16)6-9(5-7)12(17,18)19/h4-6H,1-3H2. The summed E-state index contributed by atoms with van der Waals surface area (Å²) in [5.41, 5.74) is -2.86. The van der Waals surface area contributed by atoms with Crippen LogP contribution in [0, 0.1) is 0 Å². The summed E-state index contributed by atoms with van der Waals surface area (Å²) < 4.78 is 75.3. The van der Waals surface area contributed by atoms with Gasteiger partial charge in [0, 0.05) is 6.42 Å². The molecule has 0 aromatic heterocycles. The maximum atomic E-state index is 12.5. The number of alkyl halides is 6. The lowest BCUT2D eigenvalue weighted by atomic mass is 10.0. The van der Waals surface area contributed by atoms with Crippen LogP contribution in [0.5, 0.6) is 0 Å². The van der Waals surface area contributed by atoms with Crippen LogP contribution in [0.15, 0.2) is 18.2 Å². The van der Waals surface area contributed by atoms with Gasteiger partial charge in [-0.2, -0.15) is 26.3 Å². The lowest BCUT2D eigenvalue weighted by Gasteiger charge is -2.14. The Hall–Kier alpha value is -1.24. The Morgan fingerprint density at radius 3 is 1.75 bits per heavy atom. The van der Waals surface area contributed by atoms with Gasteiger partial charge < -0.3 is 0 Å². The topological polar surface area (TPSA) is 17.1 Å². The third kappa shape index (κ3) is 5.03. The Balaban J connectivity index is 3.08. The van der Waals surface area contributed by atoms with Crippen molar-refractivity contribution in [2.75, 3.05) is 0 Å². The van der Waals surface area contributed by atoms with Gasteiger partial charge in [-0.15, -0.1) is 0 Å². The van der Waals surface area contributed by atoms with Gasteiger partial charge in [-0.05, 0) is 48.2 Å². The zero-order chi connectivity index (χ0) is 15.6. The molecule has 8 heteroatoms. The quantitative estimate of drug-likeness (QED) is 0.575. The van der Waals surface area contributed by atoms with Crippen LogP contribution < -0.4 is 0 Å². The van der Waals surface area contributed by atoms with Crippen molar-refractivity contribution in [3.63, 3.8) is 0 Å². The molecule has 0 radical (unpaired) electrons. The minimum atomic E-state index is -4.86. The fraction of sp³-hybridized carbons (Fsp3) is 0.417. The van der Waals surface area contributed by atoms with Crippen molar-refractivity contribution in [2.24, 2.45) is 0 Å². The molecule has 1 aromatic carbocycles. The molecule has 0 saturated heterocycles. The molecule has 0 heterocycles. The number of aryl methyl sites for hydroxylation is 1. The highest BCUT2D eigenvalue weighted by Crippen LogP contribution is 2.36. The first kappa shape index (κ1) is 16.8. The molecule has 1 nitrogen and oxygen atoms in total. The highest BCUT2D eigenvalue weighted by molar-refractivity contribution is 6.63. The van der Waals surface area contributed by atoms with Gasteiger partial charge in [-0.1, -0.05) is 0 Å². The predicted molar refractivity (Wildman–Crippen MR) is 60.2 cm³/mol. The van der Waals surface area contributed by atoms with E-state index in [0.29, 0.717) is 12.1 Å². The number of halogens is 7. The molecule has 0 spiro atoms. The Bertz CT molecular complexity index is 459. The molecule has 0 amide bonds. The van der Waals surface area contributed by atoms with Gasteiger partial charge in [0.15, 0.2) is 0 Å². The molecule has 0 unspecified atom stereocenters. The summed E-state index contributed by atoms with van der Waals surface area (Å²) in [4.78, 5) is 10.5. The highest BCUT2D eigenvalue weighted by atomic mass is 35.5. The number of rotatable bonds is 4. The molecule has 0 N–H and O–H groups in total. The third-order valence-corrected chi connectivity index (χ3v) is 2.68. The van der Waals surface area contributed by atoms with E-state index in [2.05, 4.69) is 0 Å². The number of carbonyl (C=O) groups is 1. The maximum absolute atomic E-state index is 12.5. The molecule has 0 fully saturated rings. The van der Waals surface area contributed by atoms with E-state index in [9.17, 15) is 31.1 Å². The fourth-order valence-corrected chi connectivity index (χ4v) is 1.73. The van der Waals surface area contributed by atoms with Crippen LogP contribution in [0.1, 0.15) is 29.5 Å². The van der Waals surface area contributed by atoms with Gasteiger partial charge >= 0.3 is 12.4 Å². The minimum Gasteiger partial charge on any atom is -0.281 e. The Labute approximate surface area is 115 Å². The van der Waals surface area contributed by atoms with E-state index in [-0.39, 0.29) is 30.9 Å². The summed E-state index contributed by atoms with van der Waals surface area (Å²) in [6.45, 7) is 0. The molecule has 0 aliphatic heterocycles. The Kier molecular flexibility index (Phi) is 5.07. The van der Waals surface area contributed by atoms with Crippen molar-refractivity contribution in [1.29, 1.82) is 0 Å². The van der Waals surface area contributed by atoms with Crippen molar-refractivity contribution < 1.29 is 31.1 Å². The lowest BCUT2D eigenvalue weighted by Crippen LogP contribution is -2.11. The second kappa shape index (κ2) is 6.03. The van der Waals surface area contributed by atoms with Gasteiger partial charge in [-0.25, -0.2) is 0 Å². The van der Waals surface area contributed by atoms with Crippen molar-refractivity contribution in [3.05, 3.63) is 34.9 Å². The molecule has 0 saturated carbocycles. The van der Waals surface area contributed by atoms with E-state index in [0.717, 1.165) is 0 Å². The summed E-state index contributed by atoms with van der Waals surface area (Å²) in [5, 5.41) is -0.687. The van der Waals surface area contributed by atoms with Gasteiger partial charge in [0.2, 0.25) is 5.24 Å². The van der Waals surface area contributed by atoms with Gasteiger partial charge in [-0.3, -0.25) is 4.79 Å². The third-order valence-electron chi connectivity index (χ3n) is 2.49. The molecule has 0 atom stereocenters. The average Bonchev–Trinajstić information content (AvgIpc) is 2.25. The smallest absolute Gasteiger partial charge is 0.281 e. The van der Waals surface area contributed by atoms with Crippen LogP contribution in [-0.2, 0) is 23.6 Å². The van der Waals surface area contributed by atoms with Crippen LogP contribution in [0.2, 0.25) is 0 Å². The summed E-state index contributed by atoms with van der Waals surface area (Å²) in [7, 11) is 0. The molecular formula is C12H9ClF6O. The van der Waals surface area contributed by atoms with E-state index in [4.69, 9.17) is 11.6 Å². The zero-order valence-corrected chi connectivity index (χ0v) is 10.7. The van der Waals surface area contributed by atoms with Crippen LogP contribution in [0.25, 0.3) is 0 Å². The van der Waals surface area contributed by atoms with Crippen molar-refractivity contribution in [1.82, 2.24) is 0 Å². The Morgan fingerprint density at radius 2 is 1.40 bits per heavy atom. The van der Waals surface area contributed by atoms with Crippen LogP contribution >= 0.6 is 11.6 Å². The zero-order valence-electron chi connectivity index (χ0n) is 9.91. The van der Waals surface area contributed by atoms with Crippen molar-refractivity contribution in [2.45, 2.75) is 31.6 Å². The van der Waals surface area contributed by atoms with Crippen LogP contribution in [-0.4, -0.2) is 5.24 Å². The molecular weight excluding hydrogens is 310 g/mol. The monoisotopic (exact) mass is 318 g/mol. The molecule has 0 aliphatic carbocycles. The number of hydrogen-bond donors (Lipinski definition) is 0. The summed E-state index contributed by atoms with van der Waals surface area (Å²) in [6.07, 6.45) is -9.85. The van der Waals surface area contributed by atoms with E-state index in [1.807, 2.05) is 0 Å². The van der Waals surface area contributed by atoms with E-state index >= 15 is 0 Å². The predicted octanol–water partition coefficient (Wildman–Crippen LogP) is 4.81. The van der Waals surface area contributed by atoms with Crippen LogP contribution in [0.3, 0.4) is 0 Å². The number of carbonyl (C=O) groups excluding carboxylic acids is 1. The van der Waals surface area contributed by atoms with E-state index < -0.39 is 28.7 Å². The maximum Gasteiger partial charge on any atom is 0.416 e. The normalized spacial score (nSPS) is 12.6. The first-order valence-electron chi connectivity index (χ1n) is 5.47. The van der Waals surface area contributed by atoms with Gasteiger partial charge in [0.1, 0.15) is 0 Å². The molecule has 112 valence electrons. The highest BCUT2D eigenvalue weighted by Gasteiger charge is 2.36. The second-order valence-corrected chi connectivity index (χ2v) is 4.54. The number of hydrogen-bond acceptors (Lipinski definition) is 1. The average molecular weight is 319 g/mol. The van der Waals surface area contributed by atoms with E-state index in [1.54, 1.807) is 0 Å². The lowest BCUT2D eigenvalue weighted by molar-refractivity contribution is -0.143. The van der Waals surface area contributed by atoms with E-state index in [1.165, 1.54) is 0 Å². The molecule has 0 bridgehead atoms. The Morgan fingerprint density at radius 1 is 0.950 bits per heavy atom.